The quantitative estimate of drug-likeness (QED) is 0.0810. The lowest BCUT2D eigenvalue weighted by Crippen LogP contribution is -2.43. The van der Waals surface area contributed by atoms with Crippen LogP contribution in [-0.2, 0) is 4.74 Å². The molecule has 0 spiro atoms. The molecule has 0 radical (unpaired) electrons. The van der Waals surface area contributed by atoms with Gasteiger partial charge in [-0.2, -0.15) is 0 Å². The molecular weight excluding hydrogens is 658 g/mol. The van der Waals surface area contributed by atoms with Gasteiger partial charge in [0.2, 0.25) is 0 Å². The van der Waals surface area contributed by atoms with Crippen molar-refractivity contribution in [1.29, 1.82) is 0 Å². The summed E-state index contributed by atoms with van der Waals surface area (Å²) >= 11 is 0. The van der Waals surface area contributed by atoms with Crippen LogP contribution in [0.1, 0.15) is 63.3 Å². The molecule has 2 aliphatic rings. The summed E-state index contributed by atoms with van der Waals surface area (Å²) in [4.78, 5) is 47.7. The number of rotatable bonds is 9. The molecule has 13 heteroatoms. The third-order valence-electron chi connectivity index (χ3n) is 10.3. The molecule has 3 unspecified atom stereocenters. The van der Waals surface area contributed by atoms with E-state index in [1.807, 2.05) is 20.0 Å². The fraction of sp³-hybridized carbons (Fsp3) is 0.359. The summed E-state index contributed by atoms with van der Waals surface area (Å²) in [5.74, 6) is 2.15. The average molecular weight is 704 g/mol. The van der Waals surface area contributed by atoms with Gasteiger partial charge in [-0.15, -0.1) is 0 Å². The van der Waals surface area contributed by atoms with Gasteiger partial charge in [0.1, 0.15) is 11.6 Å². The Morgan fingerprint density at radius 2 is 1.40 bits per heavy atom. The molecule has 2 saturated heterocycles. The van der Waals surface area contributed by atoms with Crippen molar-refractivity contribution in [3.8, 4) is 33.6 Å². The van der Waals surface area contributed by atoms with Gasteiger partial charge < -0.3 is 35.8 Å². The lowest BCUT2D eigenvalue weighted by molar-refractivity contribution is 0.139. The number of aromatic amines is 2. The number of fused-ring (bicyclic) bond motifs is 1. The fourth-order valence-electron chi connectivity index (χ4n) is 7.26. The van der Waals surface area contributed by atoms with Crippen LogP contribution >= 0.6 is 0 Å². The second-order valence-electron chi connectivity index (χ2n) is 13.9. The predicted octanol–water partition coefficient (Wildman–Crippen LogP) is 6.93. The van der Waals surface area contributed by atoms with Gasteiger partial charge in [0, 0.05) is 18.7 Å². The lowest BCUT2D eigenvalue weighted by Gasteiger charge is -2.25. The maximum Gasteiger partial charge on any atom is 0.407 e. The van der Waals surface area contributed by atoms with Crippen molar-refractivity contribution in [3.63, 3.8) is 0 Å². The fourth-order valence-corrected chi connectivity index (χ4v) is 7.26. The number of guanidine groups is 1. The smallest absolute Gasteiger partial charge is 0.407 e. The van der Waals surface area contributed by atoms with Gasteiger partial charge in [-0.1, -0.05) is 62.4 Å². The van der Waals surface area contributed by atoms with Crippen molar-refractivity contribution >= 4 is 28.9 Å². The highest BCUT2D eigenvalue weighted by Gasteiger charge is 2.32. The lowest BCUT2D eigenvalue weighted by atomic mass is 9.98. The van der Waals surface area contributed by atoms with E-state index in [1.54, 1.807) is 6.20 Å². The monoisotopic (exact) mass is 703 g/mol. The molecule has 3 atom stereocenters. The minimum Gasteiger partial charge on any atom is -0.465 e. The highest BCUT2D eigenvalue weighted by Crippen LogP contribution is 2.34. The molecule has 2 amide bonds. The number of nitrogens with zero attached hydrogens (tertiary/aromatic N) is 5. The van der Waals surface area contributed by atoms with Crippen LogP contribution < -0.4 is 11.1 Å². The molecule has 2 aliphatic heterocycles. The summed E-state index contributed by atoms with van der Waals surface area (Å²) in [6.07, 6.45) is 5.77. The third-order valence-corrected chi connectivity index (χ3v) is 10.3. The maximum absolute atomic E-state index is 11.8. The van der Waals surface area contributed by atoms with Crippen molar-refractivity contribution in [2.24, 2.45) is 16.6 Å². The first kappa shape index (κ1) is 34.6. The molecule has 3 aromatic carbocycles. The highest BCUT2D eigenvalue weighted by atomic mass is 16.5. The van der Waals surface area contributed by atoms with Crippen LogP contribution in [0, 0.1) is 5.92 Å². The Balaban J connectivity index is 1.03. The van der Waals surface area contributed by atoms with E-state index in [1.165, 1.54) is 12.0 Å². The van der Waals surface area contributed by atoms with Crippen molar-refractivity contribution in [3.05, 3.63) is 84.7 Å². The molecule has 2 fully saturated rings. The molecule has 270 valence electrons. The van der Waals surface area contributed by atoms with Crippen molar-refractivity contribution in [1.82, 2.24) is 35.1 Å². The summed E-state index contributed by atoms with van der Waals surface area (Å²) in [5, 5.41) is 14.6. The summed E-state index contributed by atoms with van der Waals surface area (Å²) < 4.78 is 4.77. The van der Waals surface area contributed by atoms with Gasteiger partial charge in [0.15, 0.2) is 5.96 Å². The summed E-state index contributed by atoms with van der Waals surface area (Å²) in [7, 11) is 1.35. The van der Waals surface area contributed by atoms with E-state index in [0.29, 0.717) is 24.9 Å². The highest BCUT2D eigenvalue weighted by molar-refractivity contribution is 5.90. The molecule has 0 saturated carbocycles. The van der Waals surface area contributed by atoms with Gasteiger partial charge in [-0.05, 0) is 71.2 Å². The molecule has 5 aromatic rings. The standard InChI is InChI=1S/C39H45N9O4/c1-23(2)30(46-38(49)52-3)20-43-37(40)47-16-4-6-33(47)35-42-22-32(45-35)29-15-14-27-18-26(12-13-28(27)19-29)24-8-10-25(11-9-24)31-21-41-36(44-31)34-7-5-17-48(34)39(50)51/h8-15,18-19,21-23,30,33-34H,4-7,16-17,20H2,1-3H3,(H2,40,43)(H,41,44)(H,42,45)(H,46,49)(H,50,51). The molecular formula is C39H45N9O4. The second-order valence-corrected chi connectivity index (χ2v) is 13.9. The van der Waals surface area contributed by atoms with Gasteiger partial charge in [-0.3, -0.25) is 9.89 Å². The number of imidazole rings is 2. The van der Waals surface area contributed by atoms with E-state index in [2.05, 4.69) is 90.8 Å². The summed E-state index contributed by atoms with van der Waals surface area (Å²) in [6, 6.07) is 20.8. The molecule has 52 heavy (non-hydrogen) atoms. The number of nitrogens with one attached hydrogen (secondary N) is 3. The van der Waals surface area contributed by atoms with E-state index in [0.717, 1.165) is 82.5 Å². The minimum absolute atomic E-state index is 0.0112. The molecule has 2 aromatic heterocycles. The van der Waals surface area contributed by atoms with Gasteiger partial charge in [-0.25, -0.2) is 19.6 Å². The first-order chi connectivity index (χ1) is 25.2. The average Bonchev–Trinajstić information content (AvgIpc) is 3.99. The number of aliphatic imine (C=N–C) groups is 1. The third kappa shape index (κ3) is 7.16. The van der Waals surface area contributed by atoms with E-state index < -0.39 is 12.2 Å². The minimum atomic E-state index is -0.906. The summed E-state index contributed by atoms with van der Waals surface area (Å²) in [5.41, 5.74) is 12.6. The second kappa shape index (κ2) is 14.8. The zero-order chi connectivity index (χ0) is 36.4. The maximum atomic E-state index is 11.8. The number of likely N-dealkylation sites (tertiary alicyclic amines) is 2. The van der Waals surface area contributed by atoms with Gasteiger partial charge >= 0.3 is 12.2 Å². The van der Waals surface area contributed by atoms with Crippen LogP contribution in [0.15, 0.2) is 78.0 Å². The Hall–Kier alpha value is -5.85. The Kier molecular flexibility index (Phi) is 9.84. The molecule has 0 aliphatic carbocycles. The number of nitrogens with two attached hydrogens (primary N) is 1. The van der Waals surface area contributed by atoms with Crippen molar-refractivity contribution in [2.75, 3.05) is 26.7 Å². The number of aromatic nitrogens is 4. The summed E-state index contributed by atoms with van der Waals surface area (Å²) in [6.45, 7) is 5.73. The number of H-pyrrole nitrogens is 2. The predicted molar refractivity (Wildman–Crippen MR) is 201 cm³/mol. The van der Waals surface area contributed by atoms with Crippen LogP contribution in [0.25, 0.3) is 44.4 Å². The number of methoxy groups -OCH3 is 1. The molecule has 6 N–H and O–H groups in total. The Morgan fingerprint density at radius 3 is 2.02 bits per heavy atom. The van der Waals surface area contributed by atoms with Crippen LogP contribution in [-0.4, -0.2) is 85.8 Å². The Bertz CT molecular complexity index is 2090. The number of alkyl carbamates (subject to hydrolysis) is 1. The SMILES string of the molecule is COC(=O)NC(CN=C(N)N1CCCC1c1ncc(-c2ccc3cc(-c4ccc(-c5cnc(C6CCCN6C(=O)O)[nH]5)cc4)ccc3c2)[nH]1)C(C)C. The number of hydrogen-bond acceptors (Lipinski definition) is 6. The number of benzene rings is 3. The van der Waals surface area contributed by atoms with E-state index in [4.69, 9.17) is 15.5 Å². The Labute approximate surface area is 302 Å². The van der Waals surface area contributed by atoms with E-state index in [-0.39, 0.29) is 24.0 Å². The van der Waals surface area contributed by atoms with Gasteiger partial charge in [0.05, 0.1) is 55.6 Å². The largest absolute Gasteiger partial charge is 0.465 e. The van der Waals surface area contributed by atoms with Crippen LogP contribution in [0.2, 0.25) is 0 Å². The van der Waals surface area contributed by atoms with E-state index in [9.17, 15) is 14.7 Å². The number of amides is 2. The number of carbonyl (C=O) groups excluding carboxylic acids is 1. The first-order valence-electron chi connectivity index (χ1n) is 17.8. The van der Waals surface area contributed by atoms with E-state index >= 15 is 0 Å². The molecule has 13 nitrogen and oxygen atoms in total. The van der Waals surface area contributed by atoms with Crippen LogP contribution in [0.3, 0.4) is 0 Å². The number of carboxylic acid groups (broad SMARTS) is 1. The van der Waals surface area contributed by atoms with Crippen molar-refractivity contribution < 1.29 is 19.4 Å². The molecule has 4 heterocycles. The normalized spacial score (nSPS) is 18.3. The van der Waals surface area contributed by atoms with Gasteiger partial charge in [0.25, 0.3) is 0 Å². The zero-order valence-corrected chi connectivity index (χ0v) is 29.7. The molecule has 0 bridgehead atoms. The zero-order valence-electron chi connectivity index (χ0n) is 29.7. The topological polar surface area (TPSA) is 178 Å². The number of carbonyl (C=O) groups is 2. The van der Waals surface area contributed by atoms with Crippen LogP contribution in [0.4, 0.5) is 9.59 Å². The van der Waals surface area contributed by atoms with Crippen LogP contribution in [0.5, 0.6) is 0 Å². The number of hydrogen-bond donors (Lipinski definition) is 5. The number of ether oxygens (including phenoxy) is 1. The van der Waals surface area contributed by atoms with Crippen molar-refractivity contribution in [2.45, 2.75) is 57.7 Å². The Morgan fingerprint density at radius 1 is 0.865 bits per heavy atom. The molecule has 7 rings (SSSR count). The first-order valence-corrected chi connectivity index (χ1v) is 17.8.